The summed E-state index contributed by atoms with van der Waals surface area (Å²) >= 11 is 17.0. The first-order valence-electron chi connectivity index (χ1n) is 16.4. The lowest BCUT2D eigenvalue weighted by Gasteiger charge is -2.33. The van der Waals surface area contributed by atoms with Crippen LogP contribution in [0.4, 0.5) is 0 Å². The molecule has 0 unspecified atom stereocenters. The standard InChI is InChI=1S/C44H34Cl2P3/c45-49(46)43(47(35-21-7-1-8-22-35,36-23-9-2-10-24-36)37-25-11-3-12-26-37)41-33-19-20-34-42(41)44(49)48(38-27-13-4-14-28-38,39-29-15-5-16-30-39)40-31-17-6-18-32-40/h1-34H/q+1. The summed E-state index contributed by atoms with van der Waals surface area (Å²) in [5.41, 5.74) is 2.32. The Morgan fingerprint density at radius 1 is 0.265 bits per heavy atom. The van der Waals surface area contributed by atoms with E-state index in [4.69, 9.17) is 22.5 Å². The molecule has 0 spiro atoms. The van der Waals surface area contributed by atoms with E-state index in [2.05, 4.69) is 206 Å². The zero-order chi connectivity index (χ0) is 33.3. The van der Waals surface area contributed by atoms with E-state index >= 15 is 0 Å². The fourth-order valence-electron chi connectivity index (χ4n) is 7.55. The van der Waals surface area contributed by atoms with Gasteiger partial charge in [-0.15, -0.1) is 0 Å². The molecule has 1 aliphatic rings. The van der Waals surface area contributed by atoms with Crippen molar-refractivity contribution < 1.29 is 0 Å². The minimum Gasteiger partial charge on any atom is -0.0622 e. The minimum absolute atomic E-state index is 1.16. The topological polar surface area (TPSA) is 0 Å². The molecule has 0 bridgehead atoms. The van der Waals surface area contributed by atoms with Gasteiger partial charge in [-0.05, 0) is 31.8 Å². The van der Waals surface area contributed by atoms with Gasteiger partial charge < -0.3 is 0 Å². The van der Waals surface area contributed by atoms with E-state index < -0.39 is 19.7 Å². The lowest BCUT2D eigenvalue weighted by Crippen LogP contribution is -2.31. The highest BCUT2D eigenvalue weighted by molar-refractivity contribution is 8.47. The number of fused-ring (bicyclic) bond motifs is 1. The lowest BCUT2D eigenvalue weighted by molar-refractivity contribution is 1.66. The second-order valence-electron chi connectivity index (χ2n) is 12.1. The summed E-state index contributed by atoms with van der Waals surface area (Å²) in [4.78, 5) is 0. The molecule has 1 heterocycles. The van der Waals surface area contributed by atoms with Crippen LogP contribution in [0, 0.1) is 0 Å². The average molecular weight is 727 g/mol. The molecule has 0 aromatic heterocycles. The van der Waals surface area contributed by atoms with Crippen molar-refractivity contribution in [2.75, 3.05) is 0 Å². The van der Waals surface area contributed by atoms with E-state index in [1.807, 2.05) is 0 Å². The van der Waals surface area contributed by atoms with Gasteiger partial charge >= 0.3 is 0 Å². The summed E-state index contributed by atoms with van der Waals surface area (Å²) in [6.07, 6.45) is 0. The molecule has 0 radical (unpaired) electrons. The van der Waals surface area contributed by atoms with E-state index in [1.54, 1.807) is 0 Å². The predicted molar refractivity (Wildman–Crippen MR) is 224 cm³/mol. The van der Waals surface area contributed by atoms with Gasteiger partial charge in [-0.3, -0.25) is 0 Å². The molecule has 0 nitrogen and oxygen atoms in total. The SMILES string of the molecule is Cl[P+]1(Cl)C(=P(c2ccccc2)(c2ccccc2)c2ccccc2)c2ccccc2C1=P(c1ccccc1)(c1ccccc1)c1ccccc1. The number of benzene rings is 7. The van der Waals surface area contributed by atoms with Crippen LogP contribution >= 0.6 is 42.2 Å². The fraction of sp³-hybridized carbons (Fsp3) is 0. The van der Waals surface area contributed by atoms with Crippen molar-refractivity contribution in [1.29, 1.82) is 0 Å². The molecular weight excluding hydrogens is 692 g/mol. The lowest BCUT2D eigenvalue weighted by atomic mass is 10.1. The van der Waals surface area contributed by atoms with Crippen LogP contribution in [0.3, 0.4) is 0 Å². The third kappa shape index (κ3) is 5.17. The summed E-state index contributed by atoms with van der Waals surface area (Å²) in [6.45, 7) is -5.27. The van der Waals surface area contributed by atoms with Crippen LogP contribution in [0.5, 0.6) is 0 Å². The first-order chi connectivity index (χ1) is 24.1. The Labute approximate surface area is 299 Å². The molecule has 0 aliphatic carbocycles. The Bertz CT molecular complexity index is 1970. The zero-order valence-corrected chi connectivity index (χ0v) is 30.9. The maximum atomic E-state index is 8.49. The summed E-state index contributed by atoms with van der Waals surface area (Å²) in [7, 11) is 0. The van der Waals surface area contributed by atoms with E-state index in [1.165, 1.54) is 41.9 Å². The molecule has 0 N–H and O–H groups in total. The largest absolute Gasteiger partial charge is 0.278 e. The van der Waals surface area contributed by atoms with E-state index in [0.29, 0.717) is 0 Å². The van der Waals surface area contributed by atoms with Crippen molar-refractivity contribution in [3.8, 4) is 0 Å². The van der Waals surface area contributed by atoms with Gasteiger partial charge in [0.15, 0.2) is 0 Å². The van der Waals surface area contributed by atoms with Crippen LogP contribution in [0.25, 0.3) is 0 Å². The molecular formula is C44H34Cl2P3+. The molecule has 7 aromatic carbocycles. The Kier molecular flexibility index (Phi) is 8.89. The summed E-state index contributed by atoms with van der Waals surface area (Å²) in [5, 5.41) is 9.80. The first kappa shape index (κ1) is 32.4. The minimum atomic E-state index is -3.15. The molecule has 1 aliphatic heterocycles. The number of halogens is 2. The quantitative estimate of drug-likeness (QED) is 0.150. The molecule has 238 valence electrons. The van der Waals surface area contributed by atoms with Gasteiger partial charge in [0.2, 0.25) is 0 Å². The summed E-state index contributed by atoms with van der Waals surface area (Å²) in [6, 6.07) is 74.6. The summed E-state index contributed by atoms with van der Waals surface area (Å²) < 4.78 is 0. The molecule has 0 saturated carbocycles. The molecule has 49 heavy (non-hydrogen) atoms. The smallest absolute Gasteiger partial charge is 0.0622 e. The van der Waals surface area contributed by atoms with Gasteiger partial charge in [0, 0.05) is 24.9 Å². The number of hydrogen-bond donors (Lipinski definition) is 0. The average Bonchev–Trinajstić information content (AvgIpc) is 3.42. The summed E-state index contributed by atoms with van der Waals surface area (Å²) in [5.74, 6) is -3.15. The maximum absolute atomic E-state index is 8.49. The highest BCUT2D eigenvalue weighted by Gasteiger charge is 2.62. The van der Waals surface area contributed by atoms with Gasteiger partial charge in [-0.2, -0.15) is 0 Å². The molecule has 0 amide bonds. The fourth-order valence-corrected chi connectivity index (χ4v) is 27.9. The van der Waals surface area contributed by atoms with Crippen LogP contribution in [0.2, 0.25) is 0 Å². The van der Waals surface area contributed by atoms with Crippen molar-refractivity contribution >= 4 is 84.1 Å². The predicted octanol–water partition coefficient (Wildman–Crippen LogP) is 9.97. The van der Waals surface area contributed by atoms with Gasteiger partial charge in [0.25, 0.3) is 5.97 Å². The zero-order valence-electron chi connectivity index (χ0n) is 26.7. The number of rotatable bonds is 6. The Hall–Kier alpha value is -3.85. The van der Waals surface area contributed by atoms with Crippen LogP contribution < -0.4 is 31.8 Å². The van der Waals surface area contributed by atoms with E-state index in [-0.39, 0.29) is 0 Å². The third-order valence-electron chi connectivity index (χ3n) is 9.44. The van der Waals surface area contributed by atoms with Crippen LogP contribution in [-0.2, 0) is 0 Å². The Balaban J connectivity index is 1.71. The van der Waals surface area contributed by atoms with Crippen LogP contribution in [-0.4, -0.2) is 10.1 Å². The Morgan fingerprint density at radius 3 is 0.653 bits per heavy atom. The second-order valence-corrected chi connectivity index (χ2v) is 24.9. The van der Waals surface area contributed by atoms with Crippen molar-refractivity contribution in [2.45, 2.75) is 0 Å². The third-order valence-corrected chi connectivity index (χ3v) is 26.2. The highest BCUT2D eigenvalue weighted by Crippen LogP contribution is 2.84. The maximum Gasteiger partial charge on any atom is 0.278 e. The van der Waals surface area contributed by atoms with Crippen molar-refractivity contribution in [3.63, 3.8) is 0 Å². The highest BCUT2D eigenvalue weighted by atomic mass is 35.9. The monoisotopic (exact) mass is 725 g/mol. The molecule has 7 aromatic rings. The van der Waals surface area contributed by atoms with Gasteiger partial charge in [-0.25, -0.2) is 0 Å². The van der Waals surface area contributed by atoms with Gasteiger partial charge in [-0.1, -0.05) is 206 Å². The van der Waals surface area contributed by atoms with Crippen molar-refractivity contribution in [1.82, 2.24) is 0 Å². The normalized spacial score (nSPS) is 14.0. The van der Waals surface area contributed by atoms with Crippen LogP contribution in [0.15, 0.2) is 206 Å². The van der Waals surface area contributed by atoms with Crippen LogP contribution in [0.1, 0.15) is 11.1 Å². The first-order valence-corrected chi connectivity index (χ1v) is 23.5. The van der Waals surface area contributed by atoms with E-state index in [0.717, 1.165) is 11.1 Å². The molecule has 0 fully saturated rings. The van der Waals surface area contributed by atoms with Gasteiger partial charge in [0.05, 0.1) is 0 Å². The van der Waals surface area contributed by atoms with Crippen molar-refractivity contribution in [3.05, 3.63) is 217 Å². The Morgan fingerprint density at radius 2 is 0.449 bits per heavy atom. The van der Waals surface area contributed by atoms with Crippen molar-refractivity contribution in [2.24, 2.45) is 0 Å². The van der Waals surface area contributed by atoms with E-state index in [9.17, 15) is 0 Å². The molecule has 8 rings (SSSR count). The molecule has 5 heteroatoms. The molecule has 0 saturated heterocycles. The second kappa shape index (κ2) is 13.5. The number of hydrogen-bond acceptors (Lipinski definition) is 0. The molecule has 0 atom stereocenters. The van der Waals surface area contributed by atoms with Gasteiger partial charge in [0.1, 0.15) is 32.6 Å².